The third-order valence-electron chi connectivity index (χ3n) is 2.84. The molecule has 110 valence electrons. The summed E-state index contributed by atoms with van der Waals surface area (Å²) in [6.45, 7) is 0. The SMILES string of the molecule is CNC(=O)C[C@@H](Nc1ncc([N+](=O)[O-])s1)c1ccccc1. The number of amides is 1. The van der Waals surface area contributed by atoms with Gasteiger partial charge in [-0.05, 0) is 16.9 Å². The van der Waals surface area contributed by atoms with Crippen LogP contribution < -0.4 is 10.6 Å². The second kappa shape index (κ2) is 6.80. The van der Waals surface area contributed by atoms with Crippen LogP contribution in [0.2, 0.25) is 0 Å². The van der Waals surface area contributed by atoms with Crippen molar-refractivity contribution < 1.29 is 9.72 Å². The van der Waals surface area contributed by atoms with E-state index in [1.54, 1.807) is 7.05 Å². The number of carbonyl (C=O) groups is 1. The molecule has 1 atom stereocenters. The number of nitrogens with zero attached hydrogens (tertiary/aromatic N) is 2. The summed E-state index contributed by atoms with van der Waals surface area (Å²) in [6.07, 6.45) is 1.42. The molecule has 1 aromatic heterocycles. The van der Waals surface area contributed by atoms with Crippen molar-refractivity contribution in [2.75, 3.05) is 12.4 Å². The van der Waals surface area contributed by atoms with E-state index in [0.29, 0.717) is 5.13 Å². The number of anilines is 1. The zero-order chi connectivity index (χ0) is 15.2. The van der Waals surface area contributed by atoms with Crippen molar-refractivity contribution in [2.24, 2.45) is 0 Å². The van der Waals surface area contributed by atoms with Crippen LogP contribution in [0.15, 0.2) is 36.5 Å². The van der Waals surface area contributed by atoms with E-state index in [2.05, 4.69) is 15.6 Å². The van der Waals surface area contributed by atoms with Crippen LogP contribution in [0.1, 0.15) is 18.0 Å². The van der Waals surface area contributed by atoms with Crippen LogP contribution >= 0.6 is 11.3 Å². The molecule has 1 amide bonds. The highest BCUT2D eigenvalue weighted by molar-refractivity contribution is 7.18. The number of nitro groups is 1. The normalized spacial score (nSPS) is 11.7. The molecule has 2 N–H and O–H groups in total. The van der Waals surface area contributed by atoms with E-state index < -0.39 is 4.92 Å². The molecule has 2 aromatic rings. The van der Waals surface area contributed by atoms with Crippen molar-refractivity contribution in [3.63, 3.8) is 0 Å². The van der Waals surface area contributed by atoms with Gasteiger partial charge < -0.3 is 10.6 Å². The van der Waals surface area contributed by atoms with E-state index in [9.17, 15) is 14.9 Å². The highest BCUT2D eigenvalue weighted by atomic mass is 32.1. The van der Waals surface area contributed by atoms with Gasteiger partial charge in [0.1, 0.15) is 6.20 Å². The average molecular weight is 306 g/mol. The summed E-state index contributed by atoms with van der Waals surface area (Å²) in [6, 6.07) is 9.12. The number of hydrogen-bond donors (Lipinski definition) is 2. The van der Waals surface area contributed by atoms with E-state index in [1.807, 2.05) is 30.3 Å². The summed E-state index contributed by atoms with van der Waals surface area (Å²) in [5, 5.41) is 16.7. The Morgan fingerprint density at radius 3 is 2.71 bits per heavy atom. The Labute approximate surface area is 125 Å². The molecule has 0 radical (unpaired) electrons. The van der Waals surface area contributed by atoms with Crippen LogP contribution in [0.3, 0.4) is 0 Å². The Bertz CT molecular complexity index is 629. The lowest BCUT2D eigenvalue weighted by Gasteiger charge is -2.17. The molecule has 0 aliphatic heterocycles. The first-order valence-electron chi connectivity index (χ1n) is 6.22. The molecule has 8 heteroatoms. The molecule has 0 aliphatic rings. The Morgan fingerprint density at radius 1 is 1.43 bits per heavy atom. The molecule has 0 saturated carbocycles. The van der Waals surface area contributed by atoms with Crippen molar-refractivity contribution in [1.29, 1.82) is 0 Å². The topological polar surface area (TPSA) is 97.2 Å². The first kappa shape index (κ1) is 14.9. The minimum absolute atomic E-state index is 0.0377. The van der Waals surface area contributed by atoms with Crippen LogP contribution in [0.5, 0.6) is 0 Å². The molecule has 1 heterocycles. The van der Waals surface area contributed by atoms with Gasteiger partial charge in [0.15, 0.2) is 5.13 Å². The molecule has 0 unspecified atom stereocenters. The molecular weight excluding hydrogens is 292 g/mol. The van der Waals surface area contributed by atoms with E-state index >= 15 is 0 Å². The van der Waals surface area contributed by atoms with E-state index in [4.69, 9.17) is 0 Å². The first-order chi connectivity index (χ1) is 10.1. The lowest BCUT2D eigenvalue weighted by molar-refractivity contribution is -0.380. The molecular formula is C13H14N4O3S. The summed E-state index contributed by atoms with van der Waals surface area (Å²) in [5.74, 6) is -0.123. The number of carbonyl (C=O) groups excluding carboxylic acids is 1. The van der Waals surface area contributed by atoms with Gasteiger partial charge in [-0.2, -0.15) is 0 Å². The quantitative estimate of drug-likeness (QED) is 0.630. The second-order valence-electron chi connectivity index (χ2n) is 4.25. The zero-order valence-corrected chi connectivity index (χ0v) is 12.1. The number of benzene rings is 1. The Kier molecular flexibility index (Phi) is 4.83. The van der Waals surface area contributed by atoms with Gasteiger partial charge in [0.25, 0.3) is 0 Å². The molecule has 0 aliphatic carbocycles. The van der Waals surface area contributed by atoms with Gasteiger partial charge in [-0.15, -0.1) is 0 Å². The van der Waals surface area contributed by atoms with Crippen LogP contribution in [0.25, 0.3) is 0 Å². The zero-order valence-electron chi connectivity index (χ0n) is 11.3. The summed E-state index contributed by atoms with van der Waals surface area (Å²) in [7, 11) is 1.57. The molecule has 0 spiro atoms. The van der Waals surface area contributed by atoms with Crippen LogP contribution in [0.4, 0.5) is 10.1 Å². The standard InChI is InChI=1S/C13H14N4O3S/c1-14-11(18)7-10(9-5-3-2-4-6-9)16-13-15-8-12(21-13)17(19)20/h2-6,8,10H,7H2,1H3,(H,14,18)(H,15,16)/t10-/m1/s1. The van der Waals surface area contributed by atoms with Crippen LogP contribution in [-0.4, -0.2) is 22.9 Å². The van der Waals surface area contributed by atoms with E-state index in [-0.39, 0.29) is 23.4 Å². The van der Waals surface area contributed by atoms with Gasteiger partial charge in [0, 0.05) is 7.05 Å². The Balaban J connectivity index is 2.18. The van der Waals surface area contributed by atoms with E-state index in [1.165, 1.54) is 6.20 Å². The number of aromatic nitrogens is 1. The molecule has 21 heavy (non-hydrogen) atoms. The number of hydrogen-bond acceptors (Lipinski definition) is 6. The third-order valence-corrected chi connectivity index (χ3v) is 3.72. The summed E-state index contributed by atoms with van der Waals surface area (Å²) < 4.78 is 0. The van der Waals surface area contributed by atoms with Gasteiger partial charge in [-0.25, -0.2) is 4.98 Å². The molecule has 2 rings (SSSR count). The highest BCUT2D eigenvalue weighted by Crippen LogP contribution is 2.29. The van der Waals surface area contributed by atoms with Crippen LogP contribution in [0, 0.1) is 10.1 Å². The fourth-order valence-electron chi connectivity index (χ4n) is 1.79. The second-order valence-corrected chi connectivity index (χ2v) is 5.25. The van der Waals surface area contributed by atoms with Crippen molar-refractivity contribution in [3.05, 3.63) is 52.2 Å². The fraction of sp³-hybridized carbons (Fsp3) is 0.231. The van der Waals surface area contributed by atoms with Gasteiger partial charge in [-0.3, -0.25) is 14.9 Å². The lowest BCUT2D eigenvalue weighted by atomic mass is 10.0. The predicted molar refractivity (Wildman–Crippen MR) is 80.3 cm³/mol. The van der Waals surface area contributed by atoms with Crippen LogP contribution in [-0.2, 0) is 4.79 Å². The monoisotopic (exact) mass is 306 g/mol. The summed E-state index contributed by atoms with van der Waals surface area (Å²) in [4.78, 5) is 25.8. The number of rotatable bonds is 6. The molecule has 7 nitrogen and oxygen atoms in total. The minimum atomic E-state index is -0.487. The highest BCUT2D eigenvalue weighted by Gasteiger charge is 2.18. The van der Waals surface area contributed by atoms with Crippen molar-refractivity contribution >= 4 is 27.4 Å². The van der Waals surface area contributed by atoms with Gasteiger partial charge >= 0.3 is 5.00 Å². The first-order valence-corrected chi connectivity index (χ1v) is 7.04. The average Bonchev–Trinajstić information content (AvgIpc) is 2.96. The predicted octanol–water partition coefficient (Wildman–Crippen LogP) is 2.34. The van der Waals surface area contributed by atoms with Gasteiger partial charge in [-0.1, -0.05) is 30.3 Å². The van der Waals surface area contributed by atoms with Gasteiger partial charge in [0.2, 0.25) is 5.91 Å². The minimum Gasteiger partial charge on any atom is -0.359 e. The molecule has 1 aromatic carbocycles. The van der Waals surface area contributed by atoms with E-state index in [0.717, 1.165) is 16.9 Å². The van der Waals surface area contributed by atoms with Crippen molar-refractivity contribution in [2.45, 2.75) is 12.5 Å². The maximum absolute atomic E-state index is 11.6. The maximum atomic E-state index is 11.6. The molecule has 0 bridgehead atoms. The van der Waals surface area contributed by atoms with Crippen molar-refractivity contribution in [1.82, 2.24) is 10.3 Å². The summed E-state index contributed by atoms with van der Waals surface area (Å²) in [5.41, 5.74) is 0.916. The largest absolute Gasteiger partial charge is 0.359 e. The number of nitrogens with one attached hydrogen (secondary N) is 2. The van der Waals surface area contributed by atoms with Crippen molar-refractivity contribution in [3.8, 4) is 0 Å². The molecule has 0 fully saturated rings. The third kappa shape index (κ3) is 3.99. The number of thiazole rings is 1. The lowest BCUT2D eigenvalue weighted by Crippen LogP contribution is -2.23. The summed E-state index contributed by atoms with van der Waals surface area (Å²) >= 11 is 0.946. The maximum Gasteiger partial charge on any atom is 0.345 e. The molecule has 0 saturated heterocycles. The Hall–Kier alpha value is -2.48. The Morgan fingerprint density at radius 2 is 2.14 bits per heavy atom. The smallest absolute Gasteiger partial charge is 0.345 e. The fourth-order valence-corrected chi connectivity index (χ4v) is 2.48. The van der Waals surface area contributed by atoms with Gasteiger partial charge in [0.05, 0.1) is 17.4 Å².